The first kappa shape index (κ1) is 12.0. The molecule has 0 atom stereocenters. The summed E-state index contributed by atoms with van der Waals surface area (Å²) in [7, 11) is 0. The average molecular weight is 301 g/mol. The normalized spacial score (nSPS) is 16.7. The van der Waals surface area contributed by atoms with Crippen LogP contribution in [0.15, 0.2) is 22.7 Å². The summed E-state index contributed by atoms with van der Waals surface area (Å²) in [6.07, 6.45) is 0.182. The highest BCUT2D eigenvalue weighted by Crippen LogP contribution is 2.24. The van der Waals surface area contributed by atoms with Gasteiger partial charge in [-0.25, -0.2) is 4.39 Å². The molecule has 1 aliphatic heterocycles. The van der Waals surface area contributed by atoms with Gasteiger partial charge >= 0.3 is 0 Å². The van der Waals surface area contributed by atoms with E-state index in [2.05, 4.69) is 21.2 Å². The highest BCUT2D eigenvalue weighted by molar-refractivity contribution is 9.10. The van der Waals surface area contributed by atoms with E-state index in [0.717, 1.165) is 0 Å². The molecule has 1 aromatic rings. The molecule has 1 aromatic carbocycles. The summed E-state index contributed by atoms with van der Waals surface area (Å²) < 4.78 is 14.3. The molecule has 6 heteroatoms. The Morgan fingerprint density at radius 3 is 2.82 bits per heavy atom. The Balaban J connectivity index is 2.31. The lowest BCUT2D eigenvalue weighted by Crippen LogP contribution is -2.35. The van der Waals surface area contributed by atoms with E-state index in [0.29, 0.717) is 4.47 Å². The van der Waals surface area contributed by atoms with Gasteiger partial charge in [0, 0.05) is 17.4 Å². The van der Waals surface area contributed by atoms with E-state index in [9.17, 15) is 14.0 Å². The van der Waals surface area contributed by atoms with Crippen molar-refractivity contribution in [3.63, 3.8) is 0 Å². The number of anilines is 1. The first-order valence-electron chi connectivity index (χ1n) is 5.10. The lowest BCUT2D eigenvalue weighted by atomic mass is 10.2. The van der Waals surface area contributed by atoms with Crippen LogP contribution in [0.1, 0.15) is 6.42 Å². The molecule has 0 bridgehead atoms. The van der Waals surface area contributed by atoms with Crippen molar-refractivity contribution in [1.82, 2.24) is 5.32 Å². The van der Waals surface area contributed by atoms with Crippen LogP contribution >= 0.6 is 15.9 Å². The third kappa shape index (κ3) is 2.63. The topological polar surface area (TPSA) is 49.4 Å². The van der Waals surface area contributed by atoms with Gasteiger partial charge in [-0.05, 0) is 18.2 Å². The van der Waals surface area contributed by atoms with Gasteiger partial charge in [0.1, 0.15) is 5.82 Å². The Labute approximate surface area is 106 Å². The largest absolute Gasteiger partial charge is 0.347 e. The van der Waals surface area contributed by atoms with Crippen LogP contribution in [-0.2, 0) is 9.59 Å². The molecule has 0 unspecified atom stereocenters. The van der Waals surface area contributed by atoms with Crippen molar-refractivity contribution in [2.24, 2.45) is 0 Å². The average Bonchev–Trinajstić information content (AvgIpc) is 2.43. The van der Waals surface area contributed by atoms with Gasteiger partial charge in [0.05, 0.1) is 12.2 Å². The first-order valence-corrected chi connectivity index (χ1v) is 5.89. The summed E-state index contributed by atoms with van der Waals surface area (Å²) >= 11 is 3.15. The number of benzene rings is 1. The Hall–Kier alpha value is -1.43. The standard InChI is InChI=1S/C11H10BrFN2O2/c12-7-1-2-9(8(13)5-7)15-4-3-10(16)14-6-11(15)17/h1-2,5H,3-4,6H2,(H,14,16). The predicted octanol–water partition coefficient (Wildman–Crippen LogP) is 1.44. The van der Waals surface area contributed by atoms with E-state index in [4.69, 9.17) is 0 Å². The van der Waals surface area contributed by atoms with Gasteiger partial charge in [-0.15, -0.1) is 0 Å². The monoisotopic (exact) mass is 300 g/mol. The van der Waals surface area contributed by atoms with Gasteiger partial charge in [-0.1, -0.05) is 15.9 Å². The predicted molar refractivity (Wildman–Crippen MR) is 64.1 cm³/mol. The Bertz CT molecular complexity index is 479. The smallest absolute Gasteiger partial charge is 0.246 e. The van der Waals surface area contributed by atoms with E-state index in [1.165, 1.54) is 17.0 Å². The maximum atomic E-state index is 13.7. The van der Waals surface area contributed by atoms with Gasteiger partial charge in [0.2, 0.25) is 11.8 Å². The van der Waals surface area contributed by atoms with Crippen molar-refractivity contribution >= 4 is 33.4 Å². The van der Waals surface area contributed by atoms with Crippen LogP contribution in [0.2, 0.25) is 0 Å². The molecule has 90 valence electrons. The van der Waals surface area contributed by atoms with Crippen LogP contribution < -0.4 is 10.2 Å². The van der Waals surface area contributed by atoms with Crippen molar-refractivity contribution in [2.45, 2.75) is 6.42 Å². The number of carbonyl (C=O) groups is 2. The molecule has 0 saturated carbocycles. The lowest BCUT2D eigenvalue weighted by molar-refractivity contribution is -0.123. The third-order valence-electron chi connectivity index (χ3n) is 2.50. The number of nitrogens with one attached hydrogen (secondary N) is 1. The highest BCUT2D eigenvalue weighted by atomic mass is 79.9. The first-order chi connectivity index (χ1) is 8.08. The van der Waals surface area contributed by atoms with E-state index in [-0.39, 0.29) is 37.0 Å². The number of hydrogen-bond acceptors (Lipinski definition) is 2. The maximum absolute atomic E-state index is 13.7. The minimum absolute atomic E-state index is 0.0890. The second-order valence-corrected chi connectivity index (χ2v) is 4.58. The molecule has 1 fully saturated rings. The van der Waals surface area contributed by atoms with Crippen LogP contribution in [0.25, 0.3) is 0 Å². The number of rotatable bonds is 1. The summed E-state index contributed by atoms with van der Waals surface area (Å²) in [4.78, 5) is 24.2. The molecule has 2 amide bonds. The summed E-state index contributed by atoms with van der Waals surface area (Å²) in [5.41, 5.74) is 0.203. The molecule has 4 nitrogen and oxygen atoms in total. The highest BCUT2D eigenvalue weighted by Gasteiger charge is 2.23. The molecule has 1 saturated heterocycles. The number of hydrogen-bond donors (Lipinski definition) is 1. The van der Waals surface area contributed by atoms with Crippen molar-refractivity contribution in [2.75, 3.05) is 18.0 Å². The fourth-order valence-corrected chi connectivity index (χ4v) is 1.98. The van der Waals surface area contributed by atoms with Crippen LogP contribution in [0.4, 0.5) is 10.1 Å². The molecule has 2 rings (SSSR count). The van der Waals surface area contributed by atoms with Gasteiger partial charge in [-0.3, -0.25) is 9.59 Å². The molecular weight excluding hydrogens is 291 g/mol. The Morgan fingerprint density at radius 2 is 2.12 bits per heavy atom. The van der Waals surface area contributed by atoms with Crippen molar-refractivity contribution in [3.05, 3.63) is 28.5 Å². The van der Waals surface area contributed by atoms with E-state index in [1.54, 1.807) is 6.07 Å². The second kappa shape index (κ2) is 4.83. The summed E-state index contributed by atoms with van der Waals surface area (Å²) in [5.74, 6) is -0.988. The number of halogens is 2. The van der Waals surface area contributed by atoms with Crippen LogP contribution in [0.5, 0.6) is 0 Å². The SMILES string of the molecule is O=C1CCN(c2ccc(Br)cc2F)C(=O)CN1. The quantitative estimate of drug-likeness (QED) is 0.853. The molecule has 1 aliphatic rings. The van der Waals surface area contributed by atoms with E-state index < -0.39 is 5.82 Å². The fourth-order valence-electron chi connectivity index (χ4n) is 1.65. The van der Waals surface area contributed by atoms with E-state index >= 15 is 0 Å². The molecule has 0 aliphatic carbocycles. The van der Waals surface area contributed by atoms with Crippen molar-refractivity contribution in [1.29, 1.82) is 0 Å². The van der Waals surface area contributed by atoms with Crippen molar-refractivity contribution < 1.29 is 14.0 Å². The molecule has 1 heterocycles. The zero-order chi connectivity index (χ0) is 12.4. The second-order valence-electron chi connectivity index (χ2n) is 3.67. The number of nitrogens with zero attached hydrogens (tertiary/aromatic N) is 1. The minimum Gasteiger partial charge on any atom is -0.347 e. The van der Waals surface area contributed by atoms with Crippen LogP contribution in [0, 0.1) is 5.82 Å². The van der Waals surface area contributed by atoms with E-state index in [1.807, 2.05) is 0 Å². The Kier molecular flexibility index (Phi) is 3.42. The summed E-state index contributed by atoms with van der Waals surface area (Å²) in [6.45, 7) is 0.109. The lowest BCUT2D eigenvalue weighted by Gasteiger charge is -2.20. The zero-order valence-electron chi connectivity index (χ0n) is 8.87. The molecule has 17 heavy (non-hydrogen) atoms. The van der Waals surface area contributed by atoms with Crippen LogP contribution in [-0.4, -0.2) is 24.9 Å². The molecule has 1 N–H and O–H groups in total. The van der Waals surface area contributed by atoms with Gasteiger partial charge in [0.25, 0.3) is 0 Å². The summed E-state index contributed by atoms with van der Waals surface area (Å²) in [5, 5.41) is 2.46. The summed E-state index contributed by atoms with van der Waals surface area (Å²) in [6, 6.07) is 4.47. The van der Waals surface area contributed by atoms with Gasteiger partial charge in [-0.2, -0.15) is 0 Å². The maximum Gasteiger partial charge on any atom is 0.246 e. The fraction of sp³-hybridized carbons (Fsp3) is 0.273. The number of carbonyl (C=O) groups excluding carboxylic acids is 2. The molecule has 0 aromatic heterocycles. The molecule has 0 spiro atoms. The molecular formula is C11H10BrFN2O2. The zero-order valence-corrected chi connectivity index (χ0v) is 10.5. The Morgan fingerprint density at radius 1 is 1.35 bits per heavy atom. The van der Waals surface area contributed by atoms with Gasteiger partial charge in [0.15, 0.2) is 0 Å². The van der Waals surface area contributed by atoms with Crippen LogP contribution in [0.3, 0.4) is 0 Å². The van der Waals surface area contributed by atoms with Gasteiger partial charge < -0.3 is 10.2 Å². The van der Waals surface area contributed by atoms with Crippen molar-refractivity contribution in [3.8, 4) is 0 Å². The number of amides is 2. The third-order valence-corrected chi connectivity index (χ3v) is 2.99. The minimum atomic E-state index is -0.484. The molecule has 0 radical (unpaired) electrons.